The number of rotatable bonds is 6. The highest BCUT2D eigenvalue weighted by atomic mass is 79.9. The van der Waals surface area contributed by atoms with Gasteiger partial charge in [0.05, 0.1) is 16.5 Å². The molecule has 0 bridgehead atoms. The highest BCUT2D eigenvalue weighted by Gasteiger charge is 2.37. The number of nitro benzene ring substituents is 1. The number of aryl methyl sites for hydroxylation is 3. The lowest BCUT2D eigenvalue weighted by molar-refractivity contribution is -0.385. The Morgan fingerprint density at radius 2 is 1.91 bits per heavy atom. The molecule has 1 N–H and O–H groups in total. The number of carbonyl (C=O) groups excluding carboxylic acids is 3. The number of nitrogens with one attached hydrogen (secondary N) is 1. The van der Waals surface area contributed by atoms with Crippen LogP contribution in [0, 0.1) is 36.8 Å². The maximum atomic E-state index is 12.4. The quantitative estimate of drug-likeness (QED) is 0.363. The number of anilines is 2. The van der Waals surface area contributed by atoms with Gasteiger partial charge in [0.2, 0.25) is 5.91 Å². The lowest BCUT2D eigenvalue weighted by Gasteiger charge is -2.17. The minimum atomic E-state index is -0.757. The zero-order valence-electron chi connectivity index (χ0n) is 17.8. The van der Waals surface area contributed by atoms with Crippen LogP contribution in [0.2, 0.25) is 0 Å². The molecule has 32 heavy (non-hydrogen) atoms. The molecule has 1 saturated heterocycles. The summed E-state index contributed by atoms with van der Waals surface area (Å²) in [6.45, 7) is 4.90. The number of carbonyl (C=O) groups is 3. The molecule has 1 aliphatic rings. The van der Waals surface area contributed by atoms with Crippen molar-refractivity contribution in [2.75, 3.05) is 23.4 Å². The van der Waals surface area contributed by atoms with Crippen LogP contribution in [0.15, 0.2) is 34.8 Å². The van der Waals surface area contributed by atoms with Gasteiger partial charge in [0.25, 0.3) is 11.6 Å². The maximum Gasteiger partial charge on any atom is 0.311 e. The summed E-state index contributed by atoms with van der Waals surface area (Å²) < 4.78 is 6.04. The molecule has 0 saturated carbocycles. The van der Waals surface area contributed by atoms with Crippen LogP contribution < -0.4 is 10.2 Å². The van der Waals surface area contributed by atoms with Crippen molar-refractivity contribution in [3.05, 3.63) is 61.6 Å². The first kappa shape index (κ1) is 23.4. The van der Waals surface area contributed by atoms with Crippen molar-refractivity contribution in [2.24, 2.45) is 5.92 Å². The van der Waals surface area contributed by atoms with Crippen molar-refractivity contribution in [3.8, 4) is 0 Å². The summed E-state index contributed by atoms with van der Waals surface area (Å²) >= 11 is 3.43. The van der Waals surface area contributed by atoms with E-state index in [2.05, 4.69) is 21.2 Å². The normalized spacial score (nSPS) is 15.6. The number of hydrogen-bond acceptors (Lipinski definition) is 6. The molecule has 1 atom stereocenters. The zero-order valence-corrected chi connectivity index (χ0v) is 19.4. The van der Waals surface area contributed by atoms with Gasteiger partial charge in [-0.05, 0) is 50.1 Å². The van der Waals surface area contributed by atoms with Gasteiger partial charge in [0.1, 0.15) is 0 Å². The first-order chi connectivity index (χ1) is 15.1. The van der Waals surface area contributed by atoms with Crippen LogP contribution in [0.3, 0.4) is 0 Å². The predicted molar refractivity (Wildman–Crippen MR) is 121 cm³/mol. The molecule has 1 fully saturated rings. The smallest absolute Gasteiger partial charge is 0.311 e. The molecule has 1 aliphatic heterocycles. The number of benzene rings is 2. The van der Waals surface area contributed by atoms with Crippen LogP contribution in [-0.4, -0.2) is 35.9 Å². The molecule has 0 unspecified atom stereocenters. The van der Waals surface area contributed by atoms with Crippen molar-refractivity contribution in [1.82, 2.24) is 0 Å². The van der Waals surface area contributed by atoms with Crippen molar-refractivity contribution in [2.45, 2.75) is 27.2 Å². The minimum Gasteiger partial charge on any atom is -0.455 e. The molecule has 3 rings (SSSR count). The first-order valence-corrected chi connectivity index (χ1v) is 10.6. The fourth-order valence-corrected chi connectivity index (χ4v) is 3.89. The fourth-order valence-electron chi connectivity index (χ4n) is 3.43. The van der Waals surface area contributed by atoms with Crippen LogP contribution in [0.25, 0.3) is 0 Å². The third-order valence-corrected chi connectivity index (χ3v) is 6.14. The van der Waals surface area contributed by atoms with Gasteiger partial charge in [-0.2, -0.15) is 0 Å². The Kier molecular flexibility index (Phi) is 6.93. The Labute approximate surface area is 193 Å². The second-order valence-corrected chi connectivity index (χ2v) is 8.56. The predicted octanol–water partition coefficient (Wildman–Crippen LogP) is 3.82. The number of nitrogens with zero attached hydrogens (tertiary/aromatic N) is 2. The largest absolute Gasteiger partial charge is 0.455 e. The Hall–Kier alpha value is -3.27. The van der Waals surface area contributed by atoms with Gasteiger partial charge in [-0.15, -0.1) is 0 Å². The lowest BCUT2D eigenvalue weighted by atomic mass is 10.1. The molecule has 168 valence electrons. The zero-order chi connectivity index (χ0) is 23.6. The van der Waals surface area contributed by atoms with Crippen molar-refractivity contribution >= 4 is 50.8 Å². The Balaban J connectivity index is 1.59. The van der Waals surface area contributed by atoms with Gasteiger partial charge in [-0.1, -0.05) is 22.0 Å². The number of ether oxygens (including phenoxy) is 1. The highest BCUT2D eigenvalue weighted by molar-refractivity contribution is 9.10. The molecule has 10 heteroatoms. The van der Waals surface area contributed by atoms with Gasteiger partial charge in [0.15, 0.2) is 6.61 Å². The van der Waals surface area contributed by atoms with Gasteiger partial charge in [0, 0.05) is 34.8 Å². The molecule has 0 aliphatic carbocycles. The number of esters is 1. The topological polar surface area (TPSA) is 119 Å². The van der Waals surface area contributed by atoms with Gasteiger partial charge >= 0.3 is 5.97 Å². The average Bonchev–Trinajstić information content (AvgIpc) is 3.12. The second-order valence-electron chi connectivity index (χ2n) is 7.71. The molecular formula is C22H22BrN3O6. The Morgan fingerprint density at radius 3 is 2.59 bits per heavy atom. The molecule has 2 amide bonds. The molecule has 9 nitrogen and oxygen atoms in total. The van der Waals surface area contributed by atoms with E-state index in [4.69, 9.17) is 4.74 Å². The highest BCUT2D eigenvalue weighted by Crippen LogP contribution is 2.30. The van der Waals surface area contributed by atoms with E-state index in [0.29, 0.717) is 16.9 Å². The fraction of sp³-hybridized carbons (Fsp3) is 0.318. The standard InChI is InChI=1S/C22H22BrN3O6/c1-12-4-5-16(9-19(12)26(30)31)25-10-15(8-21(25)28)22(29)32-11-20(27)24-18-7-13(2)17(23)6-14(18)3/h4-7,9,15H,8,10-11H2,1-3H3,(H,24,27)/t15-/m0/s1. The molecular weight excluding hydrogens is 482 g/mol. The van der Waals surface area contributed by atoms with E-state index in [9.17, 15) is 24.5 Å². The summed E-state index contributed by atoms with van der Waals surface area (Å²) in [4.78, 5) is 49.0. The summed E-state index contributed by atoms with van der Waals surface area (Å²) in [6, 6.07) is 8.17. The van der Waals surface area contributed by atoms with E-state index in [1.165, 1.54) is 11.0 Å². The van der Waals surface area contributed by atoms with E-state index in [1.807, 2.05) is 26.0 Å². The summed E-state index contributed by atoms with van der Waals surface area (Å²) in [6.07, 6.45) is -0.0901. The second kappa shape index (κ2) is 9.47. The number of hydrogen-bond donors (Lipinski definition) is 1. The van der Waals surface area contributed by atoms with Gasteiger partial charge in [-0.25, -0.2) is 0 Å². The van der Waals surface area contributed by atoms with Crippen LogP contribution in [0.4, 0.5) is 17.1 Å². The van der Waals surface area contributed by atoms with Crippen LogP contribution in [0.5, 0.6) is 0 Å². The number of nitro groups is 1. The van der Waals surface area contributed by atoms with Crippen molar-refractivity contribution in [1.29, 1.82) is 0 Å². The van der Waals surface area contributed by atoms with Crippen LogP contribution >= 0.6 is 15.9 Å². The monoisotopic (exact) mass is 503 g/mol. The third kappa shape index (κ3) is 5.13. The van der Waals surface area contributed by atoms with Crippen molar-refractivity contribution < 1.29 is 24.0 Å². The maximum absolute atomic E-state index is 12.4. The number of halogens is 1. The minimum absolute atomic E-state index is 0.0323. The molecule has 2 aromatic rings. The molecule has 0 aromatic heterocycles. The summed E-state index contributed by atoms with van der Waals surface area (Å²) in [7, 11) is 0. The van der Waals surface area contributed by atoms with E-state index >= 15 is 0 Å². The molecule has 0 radical (unpaired) electrons. The molecule has 0 spiro atoms. The summed E-state index contributed by atoms with van der Waals surface area (Å²) in [5, 5.41) is 13.9. The van der Waals surface area contributed by atoms with E-state index in [-0.39, 0.29) is 24.6 Å². The molecule has 1 heterocycles. The average molecular weight is 504 g/mol. The van der Waals surface area contributed by atoms with Gasteiger partial charge in [-0.3, -0.25) is 24.5 Å². The summed E-state index contributed by atoms with van der Waals surface area (Å²) in [5.74, 6) is -2.25. The van der Waals surface area contributed by atoms with Gasteiger partial charge < -0.3 is 15.0 Å². The first-order valence-electron chi connectivity index (χ1n) is 9.85. The van der Waals surface area contributed by atoms with Crippen molar-refractivity contribution in [3.63, 3.8) is 0 Å². The van der Waals surface area contributed by atoms with E-state index in [0.717, 1.165) is 15.6 Å². The van der Waals surface area contributed by atoms with E-state index in [1.54, 1.807) is 19.1 Å². The summed E-state index contributed by atoms with van der Waals surface area (Å²) in [5.41, 5.74) is 3.14. The SMILES string of the molecule is Cc1cc(NC(=O)COC(=O)[C@H]2CC(=O)N(c3ccc(C)c([N+](=O)[O-])c3)C2)c(C)cc1Br. The number of amides is 2. The molecule has 2 aromatic carbocycles. The Morgan fingerprint density at radius 1 is 1.19 bits per heavy atom. The Bertz CT molecular complexity index is 1120. The van der Waals surface area contributed by atoms with Crippen LogP contribution in [0.1, 0.15) is 23.1 Å². The third-order valence-electron chi connectivity index (χ3n) is 5.28. The van der Waals surface area contributed by atoms with E-state index < -0.39 is 29.3 Å². The van der Waals surface area contributed by atoms with Crippen LogP contribution in [-0.2, 0) is 19.1 Å². The lowest BCUT2D eigenvalue weighted by Crippen LogP contribution is -2.28.